The number of aryl methyl sites for hydroxylation is 1. The van der Waals surface area contributed by atoms with E-state index in [9.17, 15) is 9.18 Å². The van der Waals surface area contributed by atoms with Crippen LogP contribution in [0, 0.1) is 5.82 Å². The van der Waals surface area contributed by atoms with Gasteiger partial charge in [-0.2, -0.15) is 0 Å². The Balaban J connectivity index is 1.78. The van der Waals surface area contributed by atoms with Crippen molar-refractivity contribution in [1.82, 2.24) is 20.0 Å². The zero-order valence-electron chi connectivity index (χ0n) is 24.9. The van der Waals surface area contributed by atoms with E-state index in [-0.39, 0.29) is 11.9 Å². The molecule has 8 heteroatoms. The molecule has 1 amide bonds. The van der Waals surface area contributed by atoms with E-state index in [1.54, 1.807) is 13.1 Å². The van der Waals surface area contributed by atoms with Crippen LogP contribution in [0.2, 0.25) is 0 Å². The second kappa shape index (κ2) is 13.3. The number of carbonyl (C=O) groups is 1. The van der Waals surface area contributed by atoms with Gasteiger partial charge in [0.1, 0.15) is 11.7 Å². The summed E-state index contributed by atoms with van der Waals surface area (Å²) in [7, 11) is 3.89. The second-order valence-corrected chi connectivity index (χ2v) is 11.2. The number of piperidine rings is 1. The van der Waals surface area contributed by atoms with Crippen LogP contribution in [-0.4, -0.2) is 85.0 Å². The van der Waals surface area contributed by atoms with Crippen LogP contribution in [0.25, 0.3) is 0 Å². The highest BCUT2D eigenvalue weighted by molar-refractivity contribution is 6.05. The first-order valence-corrected chi connectivity index (χ1v) is 14.6. The van der Waals surface area contributed by atoms with Crippen molar-refractivity contribution in [2.75, 3.05) is 46.8 Å². The number of rotatable bonds is 0. The van der Waals surface area contributed by atoms with Crippen LogP contribution < -0.4 is 5.32 Å². The summed E-state index contributed by atoms with van der Waals surface area (Å²) < 4.78 is 14.4. The zero-order chi connectivity index (χ0) is 28.8. The van der Waals surface area contributed by atoms with Crippen molar-refractivity contribution in [2.24, 2.45) is 9.98 Å². The molecule has 1 unspecified atom stereocenters. The van der Waals surface area contributed by atoms with E-state index in [0.717, 1.165) is 79.5 Å². The monoisotopic (exact) mass is 548 g/mol. The number of carbonyl (C=O) groups excluding carboxylic acids is 1. The molecule has 40 heavy (non-hydrogen) atoms. The lowest BCUT2D eigenvalue weighted by Crippen LogP contribution is -2.48. The average Bonchev–Trinajstić information content (AvgIpc) is 2.92. The van der Waals surface area contributed by atoms with Gasteiger partial charge in [-0.1, -0.05) is 12.6 Å². The van der Waals surface area contributed by atoms with Gasteiger partial charge in [0.05, 0.1) is 11.8 Å². The predicted molar refractivity (Wildman–Crippen MR) is 162 cm³/mol. The summed E-state index contributed by atoms with van der Waals surface area (Å²) in [6, 6.07) is 4.40. The SMILES string of the molecule is C=C1CCc2ccc(F)cc2C(=O)N2CCCCC2C(=NC)/C=C(C)/N=C(N2CCC2)\C(C)=C(/C)N(C)CCN1. The number of nitrogens with one attached hydrogen (secondary N) is 1. The van der Waals surface area contributed by atoms with Crippen LogP contribution >= 0.6 is 0 Å². The molecule has 7 nitrogen and oxygen atoms in total. The molecule has 0 radical (unpaired) electrons. The smallest absolute Gasteiger partial charge is 0.254 e. The van der Waals surface area contributed by atoms with Crippen molar-refractivity contribution < 1.29 is 9.18 Å². The van der Waals surface area contributed by atoms with Gasteiger partial charge in [-0.25, -0.2) is 9.38 Å². The topological polar surface area (TPSA) is 63.5 Å². The van der Waals surface area contributed by atoms with Gasteiger partial charge >= 0.3 is 0 Å². The van der Waals surface area contributed by atoms with Crippen LogP contribution in [0.3, 0.4) is 0 Å². The Morgan fingerprint density at radius 1 is 1.07 bits per heavy atom. The molecule has 0 spiro atoms. The molecule has 216 valence electrons. The molecule has 1 aromatic rings. The fourth-order valence-electron chi connectivity index (χ4n) is 5.64. The molecule has 3 aliphatic heterocycles. The molecule has 3 aliphatic rings. The van der Waals surface area contributed by atoms with E-state index in [1.807, 2.05) is 17.9 Å². The fraction of sp³-hybridized carbons (Fsp3) is 0.531. The van der Waals surface area contributed by atoms with Crippen molar-refractivity contribution in [3.8, 4) is 0 Å². The summed E-state index contributed by atoms with van der Waals surface area (Å²) in [5.74, 6) is 0.463. The fourth-order valence-corrected chi connectivity index (χ4v) is 5.64. The quantitative estimate of drug-likeness (QED) is 0.486. The summed E-state index contributed by atoms with van der Waals surface area (Å²) >= 11 is 0. The van der Waals surface area contributed by atoms with Gasteiger partial charge in [-0.3, -0.25) is 9.79 Å². The van der Waals surface area contributed by atoms with Crippen molar-refractivity contribution in [2.45, 2.75) is 65.3 Å². The number of hydrogen-bond donors (Lipinski definition) is 1. The number of amides is 1. The molecule has 0 bridgehead atoms. The molecule has 0 aromatic heterocycles. The van der Waals surface area contributed by atoms with Crippen LogP contribution in [-0.2, 0) is 6.42 Å². The van der Waals surface area contributed by atoms with Crippen LogP contribution in [0.4, 0.5) is 4.39 Å². The number of amidine groups is 1. The maximum Gasteiger partial charge on any atom is 0.254 e. The van der Waals surface area contributed by atoms with E-state index in [4.69, 9.17) is 4.99 Å². The van der Waals surface area contributed by atoms with Crippen molar-refractivity contribution in [1.29, 1.82) is 0 Å². The van der Waals surface area contributed by atoms with Crippen molar-refractivity contribution >= 4 is 17.5 Å². The molecule has 2 saturated heterocycles. The van der Waals surface area contributed by atoms with E-state index in [1.165, 1.54) is 24.3 Å². The molecule has 2 fully saturated rings. The maximum atomic E-state index is 14.4. The molecule has 0 saturated carbocycles. The molecule has 4 rings (SSSR count). The number of nitrogens with zero attached hydrogens (tertiary/aromatic N) is 5. The number of aliphatic imine (C=N–C) groups is 2. The normalized spacial score (nSPS) is 27.7. The third-order valence-electron chi connectivity index (χ3n) is 8.43. The largest absolute Gasteiger partial charge is 0.387 e. The zero-order valence-corrected chi connectivity index (χ0v) is 24.9. The molecular formula is C32H45FN6O. The number of halogens is 1. The molecule has 3 heterocycles. The molecular weight excluding hydrogens is 503 g/mol. The average molecular weight is 549 g/mol. The lowest BCUT2D eigenvalue weighted by molar-refractivity contribution is 0.0679. The number of benzene rings is 1. The van der Waals surface area contributed by atoms with Gasteiger partial charge in [-0.05, 0) is 83.1 Å². The summed E-state index contributed by atoms with van der Waals surface area (Å²) in [6.07, 6.45) is 7.22. The number of likely N-dealkylation sites (tertiary alicyclic amines) is 1. The number of allylic oxidation sites excluding steroid dienone is 3. The highest BCUT2D eigenvalue weighted by Gasteiger charge is 2.32. The summed E-state index contributed by atoms with van der Waals surface area (Å²) in [5.41, 5.74) is 6.22. The third kappa shape index (κ3) is 6.83. The Hall–Kier alpha value is -3.42. The van der Waals surface area contributed by atoms with Crippen molar-refractivity contribution in [3.63, 3.8) is 0 Å². The minimum atomic E-state index is -0.398. The molecule has 1 atom stereocenters. The number of fused-ring (bicyclic) bond motifs is 2. The van der Waals surface area contributed by atoms with Crippen LogP contribution in [0.5, 0.6) is 0 Å². The lowest BCUT2D eigenvalue weighted by atomic mass is 9.94. The van der Waals surface area contributed by atoms with E-state index < -0.39 is 5.82 Å². The molecule has 0 aliphatic carbocycles. The Morgan fingerprint density at radius 3 is 2.55 bits per heavy atom. The summed E-state index contributed by atoms with van der Waals surface area (Å²) in [4.78, 5) is 30.2. The number of hydrogen-bond acceptors (Lipinski definition) is 6. The first-order valence-electron chi connectivity index (χ1n) is 14.6. The summed E-state index contributed by atoms with van der Waals surface area (Å²) in [5, 5.41) is 3.44. The van der Waals surface area contributed by atoms with Gasteiger partial charge in [0, 0.05) is 75.0 Å². The Morgan fingerprint density at radius 2 is 1.85 bits per heavy atom. The Labute approximate surface area is 239 Å². The van der Waals surface area contributed by atoms with Crippen LogP contribution in [0.15, 0.2) is 63.5 Å². The van der Waals surface area contributed by atoms with Crippen molar-refractivity contribution in [3.05, 3.63) is 70.5 Å². The first kappa shape index (κ1) is 29.6. The van der Waals surface area contributed by atoms with Gasteiger partial charge < -0.3 is 20.0 Å². The highest BCUT2D eigenvalue weighted by atomic mass is 19.1. The van der Waals surface area contributed by atoms with E-state index in [2.05, 4.69) is 47.6 Å². The highest BCUT2D eigenvalue weighted by Crippen LogP contribution is 2.26. The third-order valence-corrected chi connectivity index (χ3v) is 8.43. The van der Waals surface area contributed by atoms with E-state index in [0.29, 0.717) is 24.9 Å². The molecule has 1 N–H and O–H groups in total. The maximum absolute atomic E-state index is 14.4. The minimum Gasteiger partial charge on any atom is -0.387 e. The van der Waals surface area contributed by atoms with Crippen LogP contribution in [0.1, 0.15) is 68.8 Å². The standard InChI is InChI=1S/C32H45FN6O/c1-22-11-12-26-13-14-27(33)21-28(26)32(40)39-18-8-7-10-30(39)29(34-5)20-23(2)36-31(38-16-9-17-38)24(3)25(4)37(6)19-15-35-22/h13-14,20-21,30,35H,1,7-12,15-19H2,2-6H3/b23-20+,25-24+,34-29?,36-31+. The Kier molecular flexibility index (Phi) is 9.82. The van der Waals surface area contributed by atoms with Gasteiger partial charge in [0.25, 0.3) is 5.91 Å². The second-order valence-electron chi connectivity index (χ2n) is 11.2. The lowest BCUT2D eigenvalue weighted by Gasteiger charge is -2.37. The number of likely N-dealkylation sites (N-methyl/N-ethyl adjacent to an activating group) is 1. The summed E-state index contributed by atoms with van der Waals surface area (Å²) in [6.45, 7) is 14.7. The van der Waals surface area contributed by atoms with E-state index >= 15 is 0 Å². The first-order chi connectivity index (χ1) is 19.2. The predicted octanol–water partition coefficient (Wildman–Crippen LogP) is 5.17. The van der Waals surface area contributed by atoms with Gasteiger partial charge in [-0.15, -0.1) is 0 Å². The Bertz CT molecular complexity index is 1240. The molecule has 1 aromatic carbocycles. The van der Waals surface area contributed by atoms with Gasteiger partial charge in [0.15, 0.2) is 0 Å². The van der Waals surface area contributed by atoms with Gasteiger partial charge in [0.2, 0.25) is 0 Å². The minimum absolute atomic E-state index is 0.135.